The number of fused-ring (bicyclic) bond motifs is 1. The molecule has 0 saturated carbocycles. The molecule has 0 bridgehead atoms. The Bertz CT molecular complexity index is 887. The minimum absolute atomic E-state index is 0.0936. The third-order valence-corrected chi connectivity index (χ3v) is 3.65. The molecule has 0 spiro atoms. The van der Waals surface area contributed by atoms with Crippen LogP contribution in [0.25, 0.3) is 11.0 Å². The van der Waals surface area contributed by atoms with E-state index in [1.54, 1.807) is 24.3 Å². The van der Waals surface area contributed by atoms with E-state index in [0.717, 1.165) is 16.9 Å². The van der Waals surface area contributed by atoms with E-state index in [1.807, 2.05) is 24.3 Å². The summed E-state index contributed by atoms with van der Waals surface area (Å²) in [5, 5.41) is 5.47. The predicted molar refractivity (Wildman–Crippen MR) is 99.0 cm³/mol. The van der Waals surface area contributed by atoms with Gasteiger partial charge in [-0.25, -0.2) is 4.98 Å². The fourth-order valence-electron chi connectivity index (χ4n) is 2.51. The zero-order valence-corrected chi connectivity index (χ0v) is 14.4. The van der Waals surface area contributed by atoms with Crippen molar-refractivity contribution >= 4 is 28.5 Å². The van der Waals surface area contributed by atoms with Crippen molar-refractivity contribution in [1.29, 1.82) is 0 Å². The van der Waals surface area contributed by atoms with Crippen LogP contribution in [-0.2, 0) is 16.0 Å². The first kappa shape index (κ1) is 17.5. The van der Waals surface area contributed by atoms with E-state index in [-0.39, 0.29) is 18.4 Å². The lowest BCUT2D eigenvalue weighted by Gasteiger charge is -2.08. The number of rotatable bonds is 7. The summed E-state index contributed by atoms with van der Waals surface area (Å²) in [6, 6.07) is 14.7. The largest absolute Gasteiger partial charge is 0.484 e. The Labute approximate surface area is 150 Å². The summed E-state index contributed by atoms with van der Waals surface area (Å²) in [6.45, 7) is 1.81. The zero-order valence-electron chi connectivity index (χ0n) is 14.4. The van der Waals surface area contributed by atoms with Crippen LogP contribution >= 0.6 is 0 Å². The van der Waals surface area contributed by atoms with E-state index < -0.39 is 0 Å². The summed E-state index contributed by atoms with van der Waals surface area (Å²) >= 11 is 0. The molecule has 0 fully saturated rings. The molecule has 7 nitrogen and oxygen atoms in total. The number of hydrogen-bond acceptors (Lipinski definition) is 4. The fraction of sp³-hybridized carbons (Fsp3) is 0.211. The zero-order chi connectivity index (χ0) is 18.4. The highest BCUT2D eigenvalue weighted by Crippen LogP contribution is 2.17. The number of para-hydroxylation sites is 2. The number of anilines is 1. The van der Waals surface area contributed by atoms with Gasteiger partial charge in [0.05, 0.1) is 11.0 Å². The van der Waals surface area contributed by atoms with Crippen molar-refractivity contribution in [3.05, 3.63) is 54.4 Å². The minimum Gasteiger partial charge on any atom is -0.484 e. The maximum absolute atomic E-state index is 11.9. The molecule has 1 heterocycles. The SMILES string of the molecule is CC(=O)Nc1cccc(OCC(=O)NCCc2nc3ccccc3[nH]2)c1. The Morgan fingerprint density at radius 1 is 1.15 bits per heavy atom. The number of H-pyrrole nitrogens is 1. The van der Waals surface area contributed by atoms with Gasteiger partial charge in [0.15, 0.2) is 6.61 Å². The first-order valence-corrected chi connectivity index (χ1v) is 8.31. The number of carbonyl (C=O) groups excluding carboxylic acids is 2. The molecule has 0 radical (unpaired) electrons. The van der Waals surface area contributed by atoms with E-state index in [4.69, 9.17) is 4.74 Å². The number of hydrogen-bond donors (Lipinski definition) is 3. The number of nitrogens with zero attached hydrogens (tertiary/aromatic N) is 1. The van der Waals surface area contributed by atoms with Crippen LogP contribution in [0.2, 0.25) is 0 Å². The Kier molecular flexibility index (Phi) is 5.48. The Hall–Kier alpha value is -3.35. The number of ether oxygens (including phenoxy) is 1. The minimum atomic E-state index is -0.217. The maximum Gasteiger partial charge on any atom is 0.257 e. The molecule has 0 aliphatic heterocycles. The van der Waals surface area contributed by atoms with Crippen LogP contribution in [0.3, 0.4) is 0 Å². The molecule has 0 aliphatic rings. The van der Waals surface area contributed by atoms with Gasteiger partial charge in [0.1, 0.15) is 11.6 Å². The van der Waals surface area contributed by atoms with E-state index in [9.17, 15) is 9.59 Å². The van der Waals surface area contributed by atoms with Gasteiger partial charge in [-0.1, -0.05) is 18.2 Å². The molecule has 0 unspecified atom stereocenters. The number of nitrogens with one attached hydrogen (secondary N) is 3. The topological polar surface area (TPSA) is 96.1 Å². The lowest BCUT2D eigenvalue weighted by molar-refractivity contribution is -0.123. The number of aromatic amines is 1. The summed E-state index contributed by atoms with van der Waals surface area (Å²) < 4.78 is 5.45. The molecule has 3 N–H and O–H groups in total. The lowest BCUT2D eigenvalue weighted by Crippen LogP contribution is -2.30. The van der Waals surface area contributed by atoms with Crippen molar-refractivity contribution in [1.82, 2.24) is 15.3 Å². The summed E-state index contributed by atoms with van der Waals surface area (Å²) in [4.78, 5) is 30.6. The molecule has 3 rings (SSSR count). The molecule has 26 heavy (non-hydrogen) atoms. The summed E-state index contributed by atoms with van der Waals surface area (Å²) in [6.07, 6.45) is 0.610. The van der Waals surface area contributed by atoms with Gasteiger partial charge in [-0.15, -0.1) is 0 Å². The summed E-state index contributed by atoms with van der Waals surface area (Å²) in [5.74, 6) is 0.968. The first-order chi connectivity index (χ1) is 12.6. The standard InChI is InChI=1S/C19H20N4O3/c1-13(24)21-14-5-4-6-15(11-14)26-12-19(25)20-10-9-18-22-16-7-2-3-8-17(16)23-18/h2-8,11H,9-10,12H2,1H3,(H,20,25)(H,21,24)(H,22,23). The molecule has 1 aromatic heterocycles. The van der Waals surface area contributed by atoms with Crippen LogP contribution in [-0.4, -0.2) is 34.9 Å². The summed E-state index contributed by atoms with van der Waals surface area (Å²) in [7, 11) is 0. The highest BCUT2D eigenvalue weighted by atomic mass is 16.5. The van der Waals surface area contributed by atoms with Gasteiger partial charge in [-0.3, -0.25) is 9.59 Å². The normalized spacial score (nSPS) is 10.5. The number of amides is 2. The van der Waals surface area contributed by atoms with Crippen molar-refractivity contribution in [2.75, 3.05) is 18.5 Å². The fourth-order valence-corrected chi connectivity index (χ4v) is 2.51. The van der Waals surface area contributed by atoms with Crippen LogP contribution in [0, 0.1) is 0 Å². The molecular formula is C19H20N4O3. The van der Waals surface area contributed by atoms with E-state index in [0.29, 0.717) is 24.4 Å². The second-order valence-corrected chi connectivity index (χ2v) is 5.80. The number of aromatic nitrogens is 2. The Morgan fingerprint density at radius 2 is 2.00 bits per heavy atom. The molecule has 3 aromatic rings. The molecule has 0 saturated heterocycles. The van der Waals surface area contributed by atoms with E-state index in [1.165, 1.54) is 6.92 Å². The number of imidazole rings is 1. The van der Waals surface area contributed by atoms with Gasteiger partial charge >= 0.3 is 0 Å². The molecule has 0 atom stereocenters. The van der Waals surface area contributed by atoms with E-state index in [2.05, 4.69) is 20.6 Å². The monoisotopic (exact) mass is 352 g/mol. The van der Waals surface area contributed by atoms with Gasteiger partial charge in [-0.2, -0.15) is 0 Å². The van der Waals surface area contributed by atoms with Crippen LogP contribution < -0.4 is 15.4 Å². The third-order valence-electron chi connectivity index (χ3n) is 3.65. The first-order valence-electron chi connectivity index (χ1n) is 8.31. The molecular weight excluding hydrogens is 332 g/mol. The van der Waals surface area contributed by atoms with Crippen molar-refractivity contribution in [3.63, 3.8) is 0 Å². The van der Waals surface area contributed by atoms with Crippen LogP contribution in [0.5, 0.6) is 5.75 Å². The molecule has 0 aliphatic carbocycles. The quantitative estimate of drug-likeness (QED) is 0.608. The van der Waals surface area contributed by atoms with Crippen molar-refractivity contribution in [2.45, 2.75) is 13.3 Å². The highest BCUT2D eigenvalue weighted by molar-refractivity contribution is 5.88. The van der Waals surface area contributed by atoms with Gasteiger partial charge in [0, 0.05) is 31.6 Å². The predicted octanol–water partition coefficient (Wildman–Crippen LogP) is 2.26. The molecule has 2 aromatic carbocycles. The lowest BCUT2D eigenvalue weighted by atomic mass is 10.3. The summed E-state index contributed by atoms with van der Waals surface area (Å²) in [5.41, 5.74) is 2.52. The van der Waals surface area contributed by atoms with Gasteiger partial charge in [-0.05, 0) is 24.3 Å². The van der Waals surface area contributed by atoms with Crippen LogP contribution in [0.15, 0.2) is 48.5 Å². The average Bonchev–Trinajstić information content (AvgIpc) is 3.02. The Morgan fingerprint density at radius 3 is 2.81 bits per heavy atom. The third kappa shape index (κ3) is 4.83. The number of benzene rings is 2. The smallest absolute Gasteiger partial charge is 0.257 e. The van der Waals surface area contributed by atoms with Crippen molar-refractivity contribution in [3.8, 4) is 5.75 Å². The molecule has 134 valence electrons. The second kappa shape index (κ2) is 8.15. The average molecular weight is 352 g/mol. The number of carbonyl (C=O) groups is 2. The molecule has 2 amide bonds. The van der Waals surface area contributed by atoms with Gasteiger partial charge < -0.3 is 20.4 Å². The Balaban J connectivity index is 1.43. The maximum atomic E-state index is 11.9. The van der Waals surface area contributed by atoms with Crippen molar-refractivity contribution in [2.24, 2.45) is 0 Å². The van der Waals surface area contributed by atoms with Gasteiger partial charge in [0.2, 0.25) is 5.91 Å². The van der Waals surface area contributed by atoms with Crippen LogP contribution in [0.1, 0.15) is 12.7 Å². The van der Waals surface area contributed by atoms with E-state index >= 15 is 0 Å². The van der Waals surface area contributed by atoms with Gasteiger partial charge in [0.25, 0.3) is 5.91 Å². The second-order valence-electron chi connectivity index (χ2n) is 5.80. The van der Waals surface area contributed by atoms with Crippen molar-refractivity contribution < 1.29 is 14.3 Å². The molecule has 7 heteroatoms. The highest BCUT2D eigenvalue weighted by Gasteiger charge is 2.06. The van der Waals surface area contributed by atoms with Crippen LogP contribution in [0.4, 0.5) is 5.69 Å².